The first kappa shape index (κ1) is 18.1. The molecule has 0 saturated heterocycles. The number of imidazole rings is 1. The van der Waals surface area contributed by atoms with Gasteiger partial charge in [-0.2, -0.15) is 0 Å². The number of nitrogens with zero attached hydrogens (tertiary/aromatic N) is 4. The molecule has 0 saturated carbocycles. The van der Waals surface area contributed by atoms with Gasteiger partial charge in [0.25, 0.3) is 11.8 Å². The van der Waals surface area contributed by atoms with Crippen molar-refractivity contribution < 1.29 is 9.59 Å². The van der Waals surface area contributed by atoms with Crippen molar-refractivity contribution >= 4 is 17.5 Å². The summed E-state index contributed by atoms with van der Waals surface area (Å²) in [6.07, 6.45) is 2.31. The zero-order valence-electron chi connectivity index (χ0n) is 16.2. The van der Waals surface area contributed by atoms with Gasteiger partial charge in [0, 0.05) is 13.1 Å². The lowest BCUT2D eigenvalue weighted by Crippen LogP contribution is -2.36. The Morgan fingerprint density at radius 3 is 2.47 bits per heavy atom. The second kappa shape index (κ2) is 7.11. The van der Waals surface area contributed by atoms with Crippen LogP contribution in [-0.2, 0) is 13.0 Å². The number of hydrogen-bond acceptors (Lipinski definition) is 4. The molecular weight excluding hydrogens is 378 g/mol. The van der Waals surface area contributed by atoms with Crippen molar-refractivity contribution in [2.45, 2.75) is 13.0 Å². The van der Waals surface area contributed by atoms with E-state index in [1.54, 1.807) is 15.4 Å². The minimum absolute atomic E-state index is 0.0471. The van der Waals surface area contributed by atoms with E-state index in [1.165, 1.54) is 11.9 Å². The van der Waals surface area contributed by atoms with Crippen LogP contribution in [-0.4, -0.2) is 37.6 Å². The maximum atomic E-state index is 13.4. The second-order valence-electron chi connectivity index (χ2n) is 7.29. The van der Waals surface area contributed by atoms with Gasteiger partial charge in [-0.3, -0.25) is 14.0 Å². The molecule has 30 heavy (non-hydrogen) atoms. The van der Waals surface area contributed by atoms with E-state index in [0.717, 1.165) is 23.2 Å². The summed E-state index contributed by atoms with van der Waals surface area (Å²) in [5.41, 5.74) is 10.1. The van der Waals surface area contributed by atoms with E-state index in [9.17, 15) is 9.59 Å². The lowest BCUT2D eigenvalue weighted by Gasteiger charge is -2.28. The van der Waals surface area contributed by atoms with Crippen LogP contribution in [0.1, 0.15) is 32.1 Å². The van der Waals surface area contributed by atoms with E-state index < -0.39 is 5.91 Å². The SMILES string of the molecule is NC(=O)c1ncn2c(-c3ccccc3)cc(C(=O)N3CCc4ccccc4C3)nc12. The molecule has 2 N–H and O–H groups in total. The van der Waals surface area contributed by atoms with Crippen molar-refractivity contribution in [3.8, 4) is 11.3 Å². The van der Waals surface area contributed by atoms with Crippen LogP contribution < -0.4 is 5.73 Å². The first-order valence-electron chi connectivity index (χ1n) is 9.71. The molecule has 0 fully saturated rings. The van der Waals surface area contributed by atoms with Gasteiger partial charge >= 0.3 is 0 Å². The molecule has 2 aromatic carbocycles. The molecule has 0 aliphatic carbocycles. The first-order chi connectivity index (χ1) is 14.6. The number of amides is 2. The predicted octanol–water partition coefficient (Wildman–Crippen LogP) is 2.69. The van der Waals surface area contributed by atoms with E-state index in [1.807, 2.05) is 48.5 Å². The summed E-state index contributed by atoms with van der Waals surface area (Å²) in [4.78, 5) is 35.6. The molecular formula is C23H19N5O2. The van der Waals surface area contributed by atoms with Gasteiger partial charge in [-0.15, -0.1) is 0 Å². The molecule has 7 nitrogen and oxygen atoms in total. The summed E-state index contributed by atoms with van der Waals surface area (Å²) in [5.74, 6) is -0.860. The normalized spacial score (nSPS) is 13.3. The molecule has 0 unspecified atom stereocenters. The molecule has 4 aromatic rings. The summed E-state index contributed by atoms with van der Waals surface area (Å²) in [5, 5.41) is 0. The van der Waals surface area contributed by atoms with Gasteiger partial charge in [-0.05, 0) is 29.2 Å². The van der Waals surface area contributed by atoms with Crippen molar-refractivity contribution in [1.82, 2.24) is 19.3 Å². The summed E-state index contributed by atoms with van der Waals surface area (Å²) in [7, 11) is 0. The van der Waals surface area contributed by atoms with Crippen molar-refractivity contribution in [3.63, 3.8) is 0 Å². The highest BCUT2D eigenvalue weighted by atomic mass is 16.2. The molecule has 0 radical (unpaired) electrons. The summed E-state index contributed by atoms with van der Waals surface area (Å²) < 4.78 is 1.69. The summed E-state index contributed by atoms with van der Waals surface area (Å²) in [6, 6.07) is 19.5. The molecule has 1 aliphatic heterocycles. The van der Waals surface area contributed by atoms with Crippen LogP contribution in [0.5, 0.6) is 0 Å². The number of primary amides is 1. The maximum Gasteiger partial charge on any atom is 0.272 e. The van der Waals surface area contributed by atoms with Gasteiger partial charge < -0.3 is 10.6 Å². The Morgan fingerprint density at radius 2 is 1.70 bits per heavy atom. The summed E-state index contributed by atoms with van der Waals surface area (Å²) >= 11 is 0. The third-order valence-electron chi connectivity index (χ3n) is 5.44. The quantitative estimate of drug-likeness (QED) is 0.575. The first-order valence-corrected chi connectivity index (χ1v) is 9.71. The van der Waals surface area contributed by atoms with Gasteiger partial charge in [0.1, 0.15) is 12.0 Å². The highest BCUT2D eigenvalue weighted by Crippen LogP contribution is 2.25. The molecule has 0 spiro atoms. The van der Waals surface area contributed by atoms with Gasteiger partial charge in [0.15, 0.2) is 11.3 Å². The third-order valence-corrected chi connectivity index (χ3v) is 5.44. The fraction of sp³-hybridized carbons (Fsp3) is 0.130. The van der Waals surface area contributed by atoms with E-state index in [2.05, 4.69) is 16.0 Å². The van der Waals surface area contributed by atoms with Crippen LogP contribution in [0.4, 0.5) is 0 Å². The lowest BCUT2D eigenvalue weighted by atomic mass is 9.99. The van der Waals surface area contributed by atoms with Crippen LogP contribution >= 0.6 is 0 Å². The van der Waals surface area contributed by atoms with E-state index in [-0.39, 0.29) is 22.9 Å². The average molecular weight is 397 g/mol. The van der Waals surface area contributed by atoms with E-state index in [4.69, 9.17) is 5.73 Å². The number of fused-ring (bicyclic) bond motifs is 2. The molecule has 148 valence electrons. The molecule has 0 bridgehead atoms. The molecule has 7 heteroatoms. The largest absolute Gasteiger partial charge is 0.364 e. The highest BCUT2D eigenvalue weighted by Gasteiger charge is 2.25. The van der Waals surface area contributed by atoms with Crippen LogP contribution in [0.3, 0.4) is 0 Å². The number of aromatic nitrogens is 3. The Bertz CT molecular complexity index is 1280. The van der Waals surface area contributed by atoms with Crippen LogP contribution in [0, 0.1) is 0 Å². The van der Waals surface area contributed by atoms with E-state index >= 15 is 0 Å². The smallest absolute Gasteiger partial charge is 0.272 e. The number of carbonyl (C=O) groups excluding carboxylic acids is 2. The number of hydrogen-bond donors (Lipinski definition) is 1. The van der Waals surface area contributed by atoms with Crippen LogP contribution in [0.2, 0.25) is 0 Å². The lowest BCUT2D eigenvalue weighted by molar-refractivity contribution is 0.0728. The number of benzene rings is 2. The third kappa shape index (κ3) is 3.00. The molecule has 3 heterocycles. The number of nitrogens with two attached hydrogens (primary N) is 1. The van der Waals surface area contributed by atoms with E-state index in [0.29, 0.717) is 13.1 Å². The Hall–Kier alpha value is -4.00. The number of rotatable bonds is 3. The average Bonchev–Trinajstić information content (AvgIpc) is 3.22. The fourth-order valence-electron chi connectivity index (χ4n) is 3.92. The monoisotopic (exact) mass is 397 g/mol. The Morgan fingerprint density at radius 1 is 0.967 bits per heavy atom. The Kier molecular flexibility index (Phi) is 4.28. The van der Waals surface area contributed by atoms with Gasteiger partial charge in [-0.1, -0.05) is 54.6 Å². The molecule has 1 aliphatic rings. The van der Waals surface area contributed by atoms with Crippen LogP contribution in [0.15, 0.2) is 67.0 Å². The zero-order chi connectivity index (χ0) is 20.7. The zero-order valence-corrected chi connectivity index (χ0v) is 16.2. The van der Waals surface area contributed by atoms with Crippen molar-refractivity contribution in [2.24, 2.45) is 5.73 Å². The van der Waals surface area contributed by atoms with Gasteiger partial charge in [0.05, 0.1) is 5.69 Å². The van der Waals surface area contributed by atoms with Crippen molar-refractivity contribution in [2.75, 3.05) is 6.54 Å². The molecule has 2 aromatic heterocycles. The Balaban J connectivity index is 1.61. The van der Waals surface area contributed by atoms with Crippen LogP contribution in [0.25, 0.3) is 16.9 Å². The minimum atomic E-state index is -0.680. The Labute approximate surface area is 172 Å². The maximum absolute atomic E-state index is 13.4. The standard InChI is InChI=1S/C23H19N5O2/c24-21(29)20-22-26-18(12-19(28(22)14-25-20)16-7-2-1-3-8-16)23(30)27-11-10-15-6-4-5-9-17(15)13-27/h1-9,12,14H,10-11,13H2,(H2,24,29). The van der Waals surface area contributed by atoms with Crippen molar-refractivity contribution in [1.29, 1.82) is 0 Å². The van der Waals surface area contributed by atoms with Gasteiger partial charge in [0.2, 0.25) is 0 Å². The molecule has 2 amide bonds. The molecule has 0 atom stereocenters. The predicted molar refractivity (Wildman–Crippen MR) is 112 cm³/mol. The molecule has 5 rings (SSSR count). The second-order valence-corrected chi connectivity index (χ2v) is 7.29. The minimum Gasteiger partial charge on any atom is -0.364 e. The summed E-state index contributed by atoms with van der Waals surface area (Å²) in [6.45, 7) is 1.15. The number of carbonyl (C=O) groups is 2. The van der Waals surface area contributed by atoms with Gasteiger partial charge in [-0.25, -0.2) is 9.97 Å². The van der Waals surface area contributed by atoms with Crippen molar-refractivity contribution in [3.05, 3.63) is 89.5 Å². The highest BCUT2D eigenvalue weighted by molar-refractivity contribution is 5.99. The fourth-order valence-corrected chi connectivity index (χ4v) is 3.92. The topological polar surface area (TPSA) is 93.6 Å².